The molecule has 1 aromatic rings. The van der Waals surface area contributed by atoms with E-state index in [-0.39, 0.29) is 29.0 Å². The molecule has 7 nitrogen and oxygen atoms in total. The standard InChI is InChI=1S/C15H23ClN2O5S/c1-5-18(9-15(19)17-11(2)10-22-3)24(20,21)12-6-7-14(23-4)13(16)8-12/h6-8,11H,5,9-10H2,1-4H3,(H,17,19)/t11-/m1/s1. The first-order valence-corrected chi connectivity index (χ1v) is 9.20. The van der Waals surface area contributed by atoms with Gasteiger partial charge in [-0.3, -0.25) is 4.79 Å². The molecule has 1 amide bonds. The Labute approximate surface area is 147 Å². The molecule has 0 saturated carbocycles. The summed E-state index contributed by atoms with van der Waals surface area (Å²) in [6.07, 6.45) is 0. The van der Waals surface area contributed by atoms with Crippen molar-refractivity contribution < 1.29 is 22.7 Å². The van der Waals surface area contributed by atoms with E-state index < -0.39 is 15.9 Å². The van der Waals surface area contributed by atoms with E-state index in [1.807, 2.05) is 0 Å². The monoisotopic (exact) mass is 378 g/mol. The Bertz CT molecular complexity index is 666. The fourth-order valence-electron chi connectivity index (χ4n) is 2.10. The fourth-order valence-corrected chi connectivity index (χ4v) is 3.85. The number of hydrogen-bond acceptors (Lipinski definition) is 5. The number of nitrogens with one attached hydrogen (secondary N) is 1. The van der Waals surface area contributed by atoms with E-state index in [0.29, 0.717) is 12.4 Å². The lowest BCUT2D eigenvalue weighted by Crippen LogP contribution is -2.44. The van der Waals surface area contributed by atoms with Crippen molar-refractivity contribution in [1.82, 2.24) is 9.62 Å². The van der Waals surface area contributed by atoms with E-state index in [1.165, 1.54) is 32.4 Å². The molecule has 1 N–H and O–H groups in total. The predicted octanol–water partition coefficient (Wildman–Crippen LogP) is 1.51. The van der Waals surface area contributed by atoms with E-state index in [2.05, 4.69) is 5.32 Å². The van der Waals surface area contributed by atoms with Crippen LogP contribution in [0, 0.1) is 0 Å². The molecule has 0 fully saturated rings. The molecule has 0 bridgehead atoms. The maximum Gasteiger partial charge on any atom is 0.243 e. The lowest BCUT2D eigenvalue weighted by Gasteiger charge is -2.21. The van der Waals surface area contributed by atoms with Crippen molar-refractivity contribution in [2.75, 3.05) is 33.9 Å². The summed E-state index contributed by atoms with van der Waals surface area (Å²) in [5.41, 5.74) is 0. The Morgan fingerprint density at radius 3 is 2.54 bits per heavy atom. The van der Waals surface area contributed by atoms with Crippen LogP contribution in [0.5, 0.6) is 5.75 Å². The Morgan fingerprint density at radius 1 is 1.38 bits per heavy atom. The second-order valence-electron chi connectivity index (χ2n) is 5.15. The number of ether oxygens (including phenoxy) is 2. The second-order valence-corrected chi connectivity index (χ2v) is 7.50. The van der Waals surface area contributed by atoms with Gasteiger partial charge in [-0.1, -0.05) is 18.5 Å². The zero-order valence-corrected chi connectivity index (χ0v) is 15.8. The van der Waals surface area contributed by atoms with Crippen molar-refractivity contribution in [3.8, 4) is 5.75 Å². The second kappa shape index (κ2) is 9.22. The van der Waals surface area contributed by atoms with Crippen LogP contribution < -0.4 is 10.1 Å². The SMILES string of the molecule is CCN(CC(=O)N[C@H](C)COC)S(=O)(=O)c1ccc(OC)c(Cl)c1. The highest BCUT2D eigenvalue weighted by Crippen LogP contribution is 2.28. The third kappa shape index (κ3) is 5.34. The third-order valence-electron chi connectivity index (χ3n) is 3.26. The summed E-state index contributed by atoms with van der Waals surface area (Å²) in [5.74, 6) is -0.0191. The minimum atomic E-state index is -3.84. The van der Waals surface area contributed by atoms with Gasteiger partial charge >= 0.3 is 0 Å². The average molecular weight is 379 g/mol. The van der Waals surface area contributed by atoms with E-state index in [1.54, 1.807) is 13.8 Å². The lowest BCUT2D eigenvalue weighted by molar-refractivity contribution is -0.122. The van der Waals surface area contributed by atoms with Crippen LogP contribution in [0.4, 0.5) is 0 Å². The highest BCUT2D eigenvalue weighted by atomic mass is 35.5. The molecule has 0 aromatic heterocycles. The molecule has 0 radical (unpaired) electrons. The summed E-state index contributed by atoms with van der Waals surface area (Å²) in [6.45, 7) is 3.65. The van der Waals surface area contributed by atoms with Crippen LogP contribution in [0.2, 0.25) is 5.02 Å². The lowest BCUT2D eigenvalue weighted by atomic mass is 10.3. The number of halogens is 1. The van der Waals surface area contributed by atoms with Crippen LogP contribution in [0.1, 0.15) is 13.8 Å². The van der Waals surface area contributed by atoms with Crippen molar-refractivity contribution in [2.24, 2.45) is 0 Å². The topological polar surface area (TPSA) is 84.9 Å². The van der Waals surface area contributed by atoms with Gasteiger partial charge in [-0.25, -0.2) is 8.42 Å². The molecular weight excluding hydrogens is 356 g/mol. The summed E-state index contributed by atoms with van der Waals surface area (Å²) >= 11 is 5.99. The molecule has 0 aliphatic carbocycles. The molecule has 1 rings (SSSR count). The number of rotatable bonds is 9. The van der Waals surface area contributed by atoms with Crippen LogP contribution in [0.25, 0.3) is 0 Å². The maximum atomic E-state index is 12.7. The van der Waals surface area contributed by atoms with Gasteiger partial charge in [0.2, 0.25) is 15.9 Å². The molecule has 0 heterocycles. The van der Waals surface area contributed by atoms with Crippen molar-refractivity contribution in [3.05, 3.63) is 23.2 Å². The van der Waals surface area contributed by atoms with Crippen LogP contribution in [0.3, 0.4) is 0 Å². The molecular formula is C15H23ClN2O5S. The number of sulfonamides is 1. The number of carbonyl (C=O) groups excluding carboxylic acids is 1. The minimum Gasteiger partial charge on any atom is -0.495 e. The van der Waals surface area contributed by atoms with Gasteiger partial charge in [0, 0.05) is 19.7 Å². The molecule has 136 valence electrons. The van der Waals surface area contributed by atoms with Crippen molar-refractivity contribution in [2.45, 2.75) is 24.8 Å². The molecule has 1 atom stereocenters. The average Bonchev–Trinajstić information content (AvgIpc) is 2.52. The van der Waals surface area contributed by atoms with E-state index in [0.717, 1.165) is 4.31 Å². The van der Waals surface area contributed by atoms with Gasteiger partial charge in [0.1, 0.15) is 5.75 Å². The smallest absolute Gasteiger partial charge is 0.243 e. The van der Waals surface area contributed by atoms with Crippen LogP contribution in [0.15, 0.2) is 23.1 Å². The highest BCUT2D eigenvalue weighted by Gasteiger charge is 2.26. The molecule has 1 aromatic carbocycles. The molecule has 0 unspecified atom stereocenters. The first kappa shape index (κ1) is 20.7. The van der Waals surface area contributed by atoms with Crippen molar-refractivity contribution in [3.63, 3.8) is 0 Å². The Balaban J connectivity index is 2.93. The zero-order chi connectivity index (χ0) is 18.3. The van der Waals surface area contributed by atoms with Gasteiger partial charge in [-0.05, 0) is 25.1 Å². The number of hydrogen-bond donors (Lipinski definition) is 1. The summed E-state index contributed by atoms with van der Waals surface area (Å²) < 4.78 is 36.4. The van der Waals surface area contributed by atoms with Gasteiger partial charge in [-0.2, -0.15) is 4.31 Å². The van der Waals surface area contributed by atoms with Crippen molar-refractivity contribution >= 4 is 27.5 Å². The van der Waals surface area contributed by atoms with Crippen LogP contribution in [-0.4, -0.2) is 58.6 Å². The maximum absolute atomic E-state index is 12.7. The van der Waals surface area contributed by atoms with Crippen LogP contribution in [-0.2, 0) is 19.6 Å². The zero-order valence-electron chi connectivity index (χ0n) is 14.2. The number of methoxy groups -OCH3 is 2. The quantitative estimate of drug-likeness (QED) is 0.704. The Morgan fingerprint density at radius 2 is 2.04 bits per heavy atom. The number of benzene rings is 1. The minimum absolute atomic E-state index is 0.00731. The summed E-state index contributed by atoms with van der Waals surface area (Å²) in [5, 5.41) is 2.87. The van der Waals surface area contributed by atoms with Gasteiger partial charge in [-0.15, -0.1) is 0 Å². The molecule has 0 aliphatic rings. The predicted molar refractivity (Wildman–Crippen MR) is 91.9 cm³/mol. The van der Waals surface area contributed by atoms with Gasteiger partial charge in [0.15, 0.2) is 0 Å². The molecule has 9 heteroatoms. The Kier molecular flexibility index (Phi) is 7.95. The van der Waals surface area contributed by atoms with Crippen molar-refractivity contribution in [1.29, 1.82) is 0 Å². The van der Waals surface area contributed by atoms with Gasteiger partial charge < -0.3 is 14.8 Å². The number of likely N-dealkylation sites (N-methyl/N-ethyl adjacent to an activating group) is 1. The largest absolute Gasteiger partial charge is 0.495 e. The number of carbonyl (C=O) groups is 1. The molecule has 24 heavy (non-hydrogen) atoms. The summed E-state index contributed by atoms with van der Waals surface area (Å²) in [7, 11) is -0.870. The van der Waals surface area contributed by atoms with E-state index >= 15 is 0 Å². The third-order valence-corrected chi connectivity index (χ3v) is 5.47. The van der Waals surface area contributed by atoms with E-state index in [9.17, 15) is 13.2 Å². The molecule has 0 aliphatic heterocycles. The summed E-state index contributed by atoms with van der Waals surface area (Å²) in [6, 6.07) is 3.97. The van der Waals surface area contributed by atoms with E-state index in [4.69, 9.17) is 21.1 Å². The number of amides is 1. The summed E-state index contributed by atoms with van der Waals surface area (Å²) in [4.78, 5) is 12.0. The number of nitrogens with zero attached hydrogens (tertiary/aromatic N) is 1. The molecule has 0 spiro atoms. The van der Waals surface area contributed by atoms with Gasteiger partial charge in [0.05, 0.1) is 30.2 Å². The Hall–Kier alpha value is -1.35. The van der Waals surface area contributed by atoms with Crippen LogP contribution >= 0.6 is 11.6 Å². The molecule has 0 saturated heterocycles. The first-order chi connectivity index (χ1) is 11.3. The normalized spacial score (nSPS) is 12.9. The first-order valence-electron chi connectivity index (χ1n) is 7.38. The highest BCUT2D eigenvalue weighted by molar-refractivity contribution is 7.89. The van der Waals surface area contributed by atoms with Gasteiger partial charge in [0.25, 0.3) is 0 Å². The fraction of sp³-hybridized carbons (Fsp3) is 0.533.